The summed E-state index contributed by atoms with van der Waals surface area (Å²) < 4.78 is 52.8. The predicted octanol–water partition coefficient (Wildman–Crippen LogP) is -1.34. The number of nitrogens with one attached hydrogen (secondary N) is 4. The van der Waals surface area contributed by atoms with Crippen LogP contribution in [0, 0.1) is 5.92 Å². The topological polar surface area (TPSA) is 248 Å². The minimum absolute atomic E-state index is 0.0737. The first-order chi connectivity index (χ1) is 17.3. The molecule has 192 valence electrons. The molecule has 19 heteroatoms. The molecule has 2 aliphatic heterocycles. The van der Waals surface area contributed by atoms with Crippen molar-refractivity contribution in [2.45, 2.75) is 9.79 Å². The van der Waals surface area contributed by atoms with E-state index in [9.17, 15) is 36.0 Å². The highest BCUT2D eigenvalue weighted by molar-refractivity contribution is 7.91. The van der Waals surface area contributed by atoms with E-state index >= 15 is 0 Å². The SMILES string of the molecule is NS(=O)(=O)c1cc2c(cc1Cl)NC(/C(=N\NC(=O)c1ccncc1)C1C(=O)NC(=O)NC1=O)=NS2(=O)=O. The highest BCUT2D eigenvalue weighted by Crippen LogP contribution is 2.34. The third kappa shape index (κ3) is 5.16. The van der Waals surface area contributed by atoms with Crippen molar-refractivity contribution in [3.05, 3.63) is 47.2 Å². The Kier molecular flexibility index (Phi) is 6.50. The number of primary sulfonamides is 1. The average molecular weight is 569 g/mol. The third-order valence-corrected chi connectivity index (χ3v) is 7.51. The summed E-state index contributed by atoms with van der Waals surface area (Å²) >= 11 is 5.96. The lowest BCUT2D eigenvalue weighted by Crippen LogP contribution is -2.59. The number of nitrogens with two attached hydrogens (primary N) is 1. The fraction of sp³-hybridized carbons (Fsp3) is 0.0556. The van der Waals surface area contributed by atoms with Gasteiger partial charge < -0.3 is 5.32 Å². The molecule has 6 N–H and O–H groups in total. The van der Waals surface area contributed by atoms with E-state index < -0.39 is 76.1 Å². The Morgan fingerprint density at radius 1 is 1.08 bits per heavy atom. The van der Waals surface area contributed by atoms with Crippen molar-refractivity contribution in [1.82, 2.24) is 21.0 Å². The van der Waals surface area contributed by atoms with Crippen LogP contribution in [0.3, 0.4) is 0 Å². The number of hydrogen-bond donors (Lipinski definition) is 5. The van der Waals surface area contributed by atoms with Gasteiger partial charge in [0.25, 0.3) is 15.9 Å². The number of hydrogen-bond acceptors (Lipinski definition) is 11. The molecule has 1 saturated heterocycles. The summed E-state index contributed by atoms with van der Waals surface area (Å²) in [5.41, 5.74) is 1.14. The zero-order valence-electron chi connectivity index (χ0n) is 17.9. The number of urea groups is 1. The van der Waals surface area contributed by atoms with E-state index in [2.05, 4.69) is 25.2 Å². The second-order valence-corrected chi connectivity index (χ2v) is 10.8. The van der Waals surface area contributed by atoms with Gasteiger partial charge in [0.2, 0.25) is 21.8 Å². The third-order valence-electron chi connectivity index (χ3n) is 4.82. The molecule has 0 atom stereocenters. The molecular weight excluding hydrogens is 556 g/mol. The van der Waals surface area contributed by atoms with Gasteiger partial charge in [0.05, 0.1) is 10.7 Å². The molecule has 1 aromatic heterocycles. The molecule has 0 radical (unpaired) electrons. The molecule has 0 unspecified atom stereocenters. The van der Waals surface area contributed by atoms with Crippen LogP contribution < -0.4 is 26.5 Å². The van der Waals surface area contributed by atoms with Crippen molar-refractivity contribution in [1.29, 1.82) is 0 Å². The van der Waals surface area contributed by atoms with Crippen LogP contribution in [0.5, 0.6) is 0 Å². The number of aromatic nitrogens is 1. The van der Waals surface area contributed by atoms with Gasteiger partial charge in [-0.1, -0.05) is 11.6 Å². The van der Waals surface area contributed by atoms with Crippen molar-refractivity contribution in [2.24, 2.45) is 20.6 Å². The minimum Gasteiger partial charge on any atom is -0.337 e. The van der Waals surface area contributed by atoms with Crippen LogP contribution >= 0.6 is 11.6 Å². The number of barbiturate groups is 1. The fourth-order valence-electron chi connectivity index (χ4n) is 3.19. The van der Waals surface area contributed by atoms with Crippen LogP contribution in [0.1, 0.15) is 10.4 Å². The maximum Gasteiger partial charge on any atom is 0.328 e. The van der Waals surface area contributed by atoms with Crippen LogP contribution in [0.25, 0.3) is 0 Å². The molecule has 1 aromatic carbocycles. The number of benzene rings is 1. The Morgan fingerprint density at radius 3 is 2.30 bits per heavy atom. The Balaban J connectivity index is 1.82. The molecule has 0 aliphatic carbocycles. The van der Waals surface area contributed by atoms with Gasteiger partial charge in [0, 0.05) is 18.0 Å². The molecule has 0 bridgehead atoms. The highest BCUT2D eigenvalue weighted by atomic mass is 35.5. The van der Waals surface area contributed by atoms with Gasteiger partial charge >= 0.3 is 6.03 Å². The number of amides is 5. The predicted molar refractivity (Wildman–Crippen MR) is 125 cm³/mol. The molecule has 16 nitrogen and oxygen atoms in total. The number of amidine groups is 1. The number of hydrazone groups is 1. The first kappa shape index (κ1) is 25.8. The van der Waals surface area contributed by atoms with Crippen molar-refractivity contribution in [3.8, 4) is 0 Å². The molecule has 5 amide bonds. The number of carbonyl (C=O) groups excluding carboxylic acids is 4. The Hall–Kier alpha value is -4.26. The van der Waals surface area contributed by atoms with Gasteiger partial charge in [0.1, 0.15) is 15.5 Å². The van der Waals surface area contributed by atoms with Gasteiger partial charge in [0.15, 0.2) is 11.8 Å². The van der Waals surface area contributed by atoms with E-state index in [1.165, 1.54) is 24.5 Å². The van der Waals surface area contributed by atoms with Crippen LogP contribution in [0.15, 0.2) is 55.9 Å². The number of imide groups is 2. The number of nitrogens with zero attached hydrogens (tertiary/aromatic N) is 3. The lowest BCUT2D eigenvalue weighted by Gasteiger charge is -2.25. The molecule has 3 heterocycles. The zero-order chi connectivity index (χ0) is 27.1. The van der Waals surface area contributed by atoms with Gasteiger partial charge in [-0.15, -0.1) is 4.40 Å². The molecule has 2 aliphatic rings. The summed E-state index contributed by atoms with van der Waals surface area (Å²) in [7, 11) is -9.11. The van der Waals surface area contributed by atoms with Crippen LogP contribution in [0.4, 0.5) is 10.5 Å². The zero-order valence-corrected chi connectivity index (χ0v) is 20.3. The maximum absolute atomic E-state index is 12.9. The van der Waals surface area contributed by atoms with E-state index in [0.717, 1.165) is 6.07 Å². The Morgan fingerprint density at radius 2 is 1.70 bits per heavy atom. The molecule has 1 fully saturated rings. The Bertz CT molecular complexity index is 1640. The second kappa shape index (κ2) is 9.32. The van der Waals surface area contributed by atoms with Crippen LogP contribution in [-0.2, 0) is 29.6 Å². The molecule has 0 spiro atoms. The molecule has 0 saturated carbocycles. The van der Waals surface area contributed by atoms with Gasteiger partial charge in [-0.05, 0) is 24.3 Å². The molecule has 37 heavy (non-hydrogen) atoms. The van der Waals surface area contributed by atoms with E-state index in [1.807, 2.05) is 10.6 Å². The molecule has 4 rings (SSSR count). The number of rotatable bonds is 5. The van der Waals surface area contributed by atoms with Crippen molar-refractivity contribution in [3.63, 3.8) is 0 Å². The van der Waals surface area contributed by atoms with Crippen LogP contribution in [0.2, 0.25) is 5.02 Å². The standard InChI is InChI=1S/C18H13ClN8O8S2/c19-8-5-9-11(6-10(8)36(20,32)33)37(34,35)27-14(22-9)13(12-16(29)23-18(31)24-17(12)30)25-26-15(28)7-1-3-21-4-2-7/h1-6,12H,(H,22,27)(H,26,28)(H2,20,32,33)(H2,23,24,29,30,31)/b25-13-. The largest absolute Gasteiger partial charge is 0.337 e. The quantitative estimate of drug-likeness (QED) is 0.161. The summed E-state index contributed by atoms with van der Waals surface area (Å²) in [6, 6.07) is 3.11. The lowest BCUT2D eigenvalue weighted by atomic mass is 9.98. The second-order valence-electron chi connectivity index (χ2n) is 7.28. The summed E-state index contributed by atoms with van der Waals surface area (Å²) in [6.45, 7) is 0. The number of anilines is 1. The van der Waals surface area contributed by atoms with Gasteiger partial charge in [-0.3, -0.25) is 30.0 Å². The molecule has 2 aromatic rings. The summed E-state index contributed by atoms with van der Waals surface area (Å²) in [6.07, 6.45) is 2.62. The lowest BCUT2D eigenvalue weighted by molar-refractivity contribution is -0.132. The Labute approximate surface area is 212 Å². The molecular formula is C18H13ClN8O8S2. The normalized spacial score (nSPS) is 17.6. The fourth-order valence-corrected chi connectivity index (χ4v) is 5.50. The number of halogens is 1. The summed E-state index contributed by atoms with van der Waals surface area (Å²) in [5, 5.41) is 14.5. The first-order valence-corrected chi connectivity index (χ1v) is 13.1. The minimum atomic E-state index is -4.70. The van der Waals surface area contributed by atoms with E-state index in [1.54, 1.807) is 0 Å². The average Bonchev–Trinajstić information content (AvgIpc) is 2.79. The van der Waals surface area contributed by atoms with E-state index in [4.69, 9.17) is 16.7 Å². The van der Waals surface area contributed by atoms with Gasteiger partial charge in [-0.25, -0.2) is 23.8 Å². The summed E-state index contributed by atoms with van der Waals surface area (Å²) in [4.78, 5) is 51.4. The van der Waals surface area contributed by atoms with E-state index in [-0.39, 0.29) is 11.3 Å². The van der Waals surface area contributed by atoms with Crippen molar-refractivity contribution < 1.29 is 36.0 Å². The summed E-state index contributed by atoms with van der Waals surface area (Å²) in [5.74, 6) is -5.86. The van der Waals surface area contributed by atoms with Gasteiger partial charge in [-0.2, -0.15) is 13.5 Å². The van der Waals surface area contributed by atoms with E-state index in [0.29, 0.717) is 6.07 Å². The van der Waals surface area contributed by atoms with Crippen molar-refractivity contribution in [2.75, 3.05) is 5.32 Å². The number of sulfonamides is 2. The monoisotopic (exact) mass is 568 g/mol. The number of carbonyl (C=O) groups is 4. The van der Waals surface area contributed by atoms with Crippen molar-refractivity contribution >= 4 is 72.6 Å². The smallest absolute Gasteiger partial charge is 0.328 e. The number of fused-ring (bicyclic) bond motifs is 1. The number of pyridine rings is 1. The first-order valence-electron chi connectivity index (χ1n) is 9.70. The van der Waals surface area contributed by atoms with Crippen LogP contribution in [-0.4, -0.2) is 57.1 Å². The highest BCUT2D eigenvalue weighted by Gasteiger charge is 2.42. The maximum atomic E-state index is 12.9.